The smallest absolute Gasteiger partial charge is 0.352 e. The molecule has 5 rings (SSSR count). The minimum atomic E-state index is -1.26. The highest BCUT2D eigenvalue weighted by atomic mass is 32.2. The number of thioether (sulfide) groups is 1. The maximum atomic E-state index is 13.0. The molecule has 5 heterocycles. The number of nitrogens with one attached hydrogen (secondary N) is 1. The van der Waals surface area contributed by atoms with Crippen LogP contribution in [0, 0.1) is 0 Å². The maximum absolute atomic E-state index is 13.0. The van der Waals surface area contributed by atoms with Gasteiger partial charge in [0.25, 0.3) is 11.8 Å². The highest BCUT2D eigenvalue weighted by Crippen LogP contribution is 2.40. The Hall–Kier alpha value is -4.02. The zero-order chi connectivity index (χ0) is 27.1. The molecule has 38 heavy (non-hydrogen) atoms. The van der Waals surface area contributed by atoms with Crippen LogP contribution >= 0.6 is 34.4 Å². The predicted octanol–water partition coefficient (Wildman–Crippen LogP) is 0.715. The van der Waals surface area contributed by atoms with Gasteiger partial charge >= 0.3 is 11.9 Å². The Labute approximate surface area is 226 Å². The Morgan fingerprint density at radius 1 is 1.34 bits per heavy atom. The van der Waals surface area contributed by atoms with Gasteiger partial charge < -0.3 is 26.1 Å². The number of aliphatic carboxylic acids is 1. The summed E-state index contributed by atoms with van der Waals surface area (Å²) in [5.41, 5.74) is 6.05. The van der Waals surface area contributed by atoms with E-state index < -0.39 is 35.2 Å². The second kappa shape index (κ2) is 10.0. The molecule has 1 unspecified atom stereocenters. The van der Waals surface area contributed by atoms with Gasteiger partial charge in [0.05, 0.1) is 5.39 Å². The molecular weight excluding hydrogens is 556 g/mol. The molecule has 0 bridgehead atoms. The van der Waals surface area contributed by atoms with E-state index in [1.165, 1.54) is 29.2 Å². The lowest BCUT2D eigenvalue weighted by molar-refractivity contribution is -0.687. The lowest BCUT2D eigenvalue weighted by Gasteiger charge is -2.49. The summed E-state index contributed by atoms with van der Waals surface area (Å²) in [5, 5.41) is 27.4. The molecule has 2 atom stereocenters. The molecule has 3 aromatic heterocycles. The number of carbonyl (C=O) groups is 4. The number of carboxylic acid groups (broad SMARTS) is 2. The molecule has 5 N–H and O–H groups in total. The number of fused-ring (bicyclic) bond motifs is 2. The Kier molecular flexibility index (Phi) is 6.77. The van der Waals surface area contributed by atoms with Crippen molar-refractivity contribution in [1.82, 2.24) is 15.2 Å². The number of aromatic carboxylic acids is 1. The van der Waals surface area contributed by atoms with Crippen LogP contribution in [0.2, 0.25) is 0 Å². The van der Waals surface area contributed by atoms with Crippen molar-refractivity contribution in [2.45, 2.75) is 18.0 Å². The molecule has 3 aromatic rings. The van der Waals surface area contributed by atoms with E-state index in [1.54, 1.807) is 29.1 Å². The number of carboxylic acids is 2. The third-order valence-corrected chi connectivity index (χ3v) is 8.91. The summed E-state index contributed by atoms with van der Waals surface area (Å²) in [7, 11) is 1.26. The number of carbonyl (C=O) groups excluding carboxylic acids is 2. The van der Waals surface area contributed by atoms with E-state index in [9.17, 15) is 29.4 Å². The van der Waals surface area contributed by atoms with Gasteiger partial charge in [0, 0.05) is 27.5 Å². The number of thiazole rings is 1. The molecule has 0 saturated carbocycles. The van der Waals surface area contributed by atoms with Gasteiger partial charge in [0.2, 0.25) is 0 Å². The number of hydrogen-bond acceptors (Lipinski definition) is 11. The Bertz CT molecular complexity index is 1560. The molecule has 1 fully saturated rings. The fraction of sp³-hybridized carbons (Fsp3) is 0.227. The van der Waals surface area contributed by atoms with E-state index in [4.69, 9.17) is 10.6 Å². The second-order valence-electron chi connectivity index (χ2n) is 8.16. The number of oxime groups is 1. The topological polar surface area (TPSA) is 188 Å². The number of pyridine rings is 1. The summed E-state index contributed by atoms with van der Waals surface area (Å²) in [6.07, 6.45) is 3.47. The SMILES string of the molecule is CON=C(C(=O)NC1C(=O)N2C(C(=O)O)=C(C[n+]3ccc4sc(C(=O)O)cc4c3)CS[C@@H]12)c1csc(N)n1. The first-order valence-corrected chi connectivity index (χ1v) is 13.6. The predicted molar refractivity (Wildman–Crippen MR) is 139 cm³/mol. The zero-order valence-corrected chi connectivity index (χ0v) is 21.9. The van der Waals surface area contributed by atoms with Crippen molar-refractivity contribution in [3.05, 3.63) is 51.7 Å². The Balaban J connectivity index is 1.36. The largest absolute Gasteiger partial charge is 0.477 e. The number of aromatic nitrogens is 2. The normalized spacial score (nSPS) is 19.2. The van der Waals surface area contributed by atoms with E-state index >= 15 is 0 Å². The number of anilines is 1. The van der Waals surface area contributed by atoms with E-state index in [-0.39, 0.29) is 33.7 Å². The third-order valence-electron chi connectivity index (χ3n) is 5.80. The highest BCUT2D eigenvalue weighted by molar-refractivity contribution is 8.00. The average Bonchev–Trinajstić information content (AvgIpc) is 3.51. The van der Waals surface area contributed by atoms with Crippen molar-refractivity contribution in [3.63, 3.8) is 0 Å². The van der Waals surface area contributed by atoms with E-state index in [0.717, 1.165) is 27.4 Å². The second-order valence-corrected chi connectivity index (χ2v) is 11.2. The van der Waals surface area contributed by atoms with Crippen LogP contribution in [0.3, 0.4) is 0 Å². The van der Waals surface area contributed by atoms with Crippen LogP contribution in [0.1, 0.15) is 15.4 Å². The van der Waals surface area contributed by atoms with Crippen molar-refractivity contribution in [3.8, 4) is 0 Å². The van der Waals surface area contributed by atoms with Gasteiger partial charge in [-0.1, -0.05) is 5.16 Å². The van der Waals surface area contributed by atoms with Gasteiger partial charge in [-0.2, -0.15) is 0 Å². The number of amides is 2. The molecule has 0 aromatic carbocycles. The Morgan fingerprint density at radius 3 is 2.79 bits per heavy atom. The minimum absolute atomic E-state index is 0.133. The van der Waals surface area contributed by atoms with Crippen molar-refractivity contribution < 1.29 is 38.8 Å². The standard InChI is InChI=1S/C22H18N6O7S3/c1-35-26-14(11-8-37-22(23)24-11)17(29)25-15-18(30)28-16(21(33)34)10(7-36-19(15)28)6-27-3-2-12-9(5-27)4-13(38-12)20(31)32/h2-5,8,15,19H,6-7H2,1H3,(H4-,23,24,25,29,31,32,33,34)/p+1/t15?,19-/m0/s1. The number of nitrogen functional groups attached to an aromatic ring is 1. The average molecular weight is 576 g/mol. The molecular formula is C22H19N6O7S3+. The van der Waals surface area contributed by atoms with E-state index in [1.807, 2.05) is 0 Å². The minimum Gasteiger partial charge on any atom is -0.477 e. The van der Waals surface area contributed by atoms with Crippen molar-refractivity contribution in [2.75, 3.05) is 18.6 Å². The molecule has 13 nitrogen and oxygen atoms in total. The summed E-state index contributed by atoms with van der Waals surface area (Å²) in [5.74, 6) is -3.24. The number of hydrogen-bond donors (Lipinski definition) is 4. The molecule has 16 heteroatoms. The van der Waals surface area contributed by atoms with Crippen molar-refractivity contribution >= 4 is 79.1 Å². The molecule has 2 aliphatic heterocycles. The first kappa shape index (κ1) is 25.6. The van der Waals surface area contributed by atoms with Crippen LogP contribution in [0.4, 0.5) is 5.13 Å². The summed E-state index contributed by atoms with van der Waals surface area (Å²) in [6.45, 7) is 0.187. The van der Waals surface area contributed by atoms with Gasteiger partial charge in [-0.25, -0.2) is 19.1 Å². The number of β-lactam (4-membered cyclic amide) rings is 1. The van der Waals surface area contributed by atoms with Gasteiger partial charge in [-0.3, -0.25) is 14.5 Å². The van der Waals surface area contributed by atoms with Crippen LogP contribution in [0.15, 0.2) is 46.3 Å². The summed E-state index contributed by atoms with van der Waals surface area (Å²) < 4.78 is 2.54. The zero-order valence-electron chi connectivity index (χ0n) is 19.5. The van der Waals surface area contributed by atoms with Gasteiger partial charge in [0.15, 0.2) is 29.8 Å². The summed E-state index contributed by atoms with van der Waals surface area (Å²) in [4.78, 5) is 59.6. The number of thiophene rings is 1. The lowest BCUT2D eigenvalue weighted by atomic mass is 10.0. The van der Waals surface area contributed by atoms with E-state index in [2.05, 4.69) is 15.5 Å². The third kappa shape index (κ3) is 4.57. The van der Waals surface area contributed by atoms with Crippen LogP contribution in [-0.4, -0.2) is 73.8 Å². The highest BCUT2D eigenvalue weighted by Gasteiger charge is 2.54. The lowest BCUT2D eigenvalue weighted by Crippen LogP contribution is -2.71. The molecule has 0 radical (unpaired) electrons. The number of nitrogens with two attached hydrogens (primary N) is 1. The van der Waals surface area contributed by atoms with Gasteiger partial charge in [-0.05, 0) is 6.07 Å². The monoisotopic (exact) mass is 575 g/mol. The molecule has 0 aliphatic carbocycles. The van der Waals surface area contributed by atoms with Crippen LogP contribution in [0.25, 0.3) is 10.1 Å². The summed E-state index contributed by atoms with van der Waals surface area (Å²) in [6, 6.07) is 2.36. The van der Waals surface area contributed by atoms with Gasteiger partial charge in [0.1, 0.15) is 34.8 Å². The fourth-order valence-corrected chi connectivity index (χ4v) is 6.92. The quantitative estimate of drug-likeness (QED) is 0.129. The number of rotatable bonds is 8. The summed E-state index contributed by atoms with van der Waals surface area (Å²) >= 11 is 3.59. The van der Waals surface area contributed by atoms with E-state index in [0.29, 0.717) is 16.7 Å². The molecule has 2 aliphatic rings. The van der Waals surface area contributed by atoms with Crippen molar-refractivity contribution in [2.24, 2.45) is 5.16 Å². The Morgan fingerprint density at radius 2 is 2.13 bits per heavy atom. The van der Waals surface area contributed by atoms with Crippen LogP contribution < -0.4 is 15.6 Å². The molecule has 2 amide bonds. The van der Waals surface area contributed by atoms with Crippen molar-refractivity contribution in [1.29, 1.82) is 0 Å². The molecule has 196 valence electrons. The first-order valence-electron chi connectivity index (χ1n) is 10.9. The fourth-order valence-electron chi connectivity index (χ4n) is 4.17. The molecule has 1 saturated heterocycles. The van der Waals surface area contributed by atoms with Crippen LogP contribution in [-0.2, 0) is 25.8 Å². The number of nitrogens with zero attached hydrogens (tertiary/aromatic N) is 4. The maximum Gasteiger partial charge on any atom is 0.352 e. The van der Waals surface area contributed by atoms with Gasteiger partial charge in [-0.15, -0.1) is 34.4 Å². The first-order chi connectivity index (χ1) is 18.2. The van der Waals surface area contributed by atoms with Crippen LogP contribution in [0.5, 0.6) is 0 Å². The molecule has 0 spiro atoms.